The summed E-state index contributed by atoms with van der Waals surface area (Å²) < 4.78 is 13.5. The van der Waals surface area contributed by atoms with Gasteiger partial charge >= 0.3 is 5.97 Å². The van der Waals surface area contributed by atoms with Crippen molar-refractivity contribution in [2.24, 2.45) is 5.92 Å². The number of H-pyrrole nitrogens is 1. The third-order valence-electron chi connectivity index (χ3n) is 4.46. The quantitative estimate of drug-likeness (QED) is 0.801. The van der Waals surface area contributed by atoms with Crippen molar-refractivity contribution in [3.05, 3.63) is 46.0 Å². The second kappa shape index (κ2) is 6.43. The van der Waals surface area contributed by atoms with Gasteiger partial charge in [0.2, 0.25) is 5.56 Å². The van der Waals surface area contributed by atoms with E-state index in [0.717, 1.165) is 6.07 Å². The van der Waals surface area contributed by atoms with E-state index in [-0.39, 0.29) is 17.5 Å². The van der Waals surface area contributed by atoms with E-state index in [1.807, 2.05) is 0 Å². The maximum atomic E-state index is 13.5. The number of hydrogen-bond donors (Lipinski definition) is 3. The number of hydrogen-bond acceptors (Lipinski definition) is 3. The van der Waals surface area contributed by atoms with Gasteiger partial charge in [0.05, 0.1) is 11.5 Å². The fourth-order valence-electron chi connectivity index (χ4n) is 3.16. The first-order valence-corrected chi connectivity index (χ1v) is 7.80. The van der Waals surface area contributed by atoms with E-state index >= 15 is 0 Å². The molecule has 1 aliphatic rings. The molecule has 3 rings (SSSR count). The van der Waals surface area contributed by atoms with Crippen LogP contribution in [-0.4, -0.2) is 28.0 Å². The molecule has 1 aliphatic carbocycles. The number of carbonyl (C=O) groups is 2. The summed E-state index contributed by atoms with van der Waals surface area (Å²) in [4.78, 5) is 37.7. The van der Waals surface area contributed by atoms with Crippen LogP contribution in [0.1, 0.15) is 36.0 Å². The molecule has 1 aromatic heterocycles. The van der Waals surface area contributed by atoms with Gasteiger partial charge in [0.1, 0.15) is 5.82 Å². The van der Waals surface area contributed by atoms with Crippen LogP contribution < -0.4 is 10.9 Å². The van der Waals surface area contributed by atoms with Crippen molar-refractivity contribution in [3.8, 4) is 0 Å². The van der Waals surface area contributed by atoms with Gasteiger partial charge in [0, 0.05) is 23.0 Å². The molecular formula is C17H17FN2O4. The Bertz CT molecular complexity index is 853. The van der Waals surface area contributed by atoms with Crippen molar-refractivity contribution in [3.63, 3.8) is 0 Å². The lowest BCUT2D eigenvalue weighted by Gasteiger charge is -2.26. The minimum atomic E-state index is -0.809. The lowest BCUT2D eigenvalue weighted by molar-refractivity contribution is -0.142. The monoisotopic (exact) mass is 332 g/mol. The van der Waals surface area contributed by atoms with E-state index in [0.29, 0.717) is 36.6 Å². The number of fused-ring (bicyclic) bond motifs is 1. The number of carbonyl (C=O) groups excluding carboxylic acids is 1. The molecule has 0 aliphatic heterocycles. The van der Waals surface area contributed by atoms with Crippen LogP contribution in [0.3, 0.4) is 0 Å². The normalized spacial score (nSPS) is 20.7. The predicted molar refractivity (Wildman–Crippen MR) is 85.4 cm³/mol. The molecule has 126 valence electrons. The number of rotatable bonds is 3. The first-order valence-electron chi connectivity index (χ1n) is 7.80. The summed E-state index contributed by atoms with van der Waals surface area (Å²) in [5.41, 5.74) is 0.0751. The van der Waals surface area contributed by atoms with Crippen molar-refractivity contribution >= 4 is 22.8 Å². The Morgan fingerprint density at radius 3 is 2.54 bits per heavy atom. The summed E-state index contributed by atoms with van der Waals surface area (Å²) in [6, 6.07) is 4.85. The van der Waals surface area contributed by atoms with Crippen LogP contribution in [0.25, 0.3) is 10.9 Å². The topological polar surface area (TPSA) is 99.3 Å². The van der Waals surface area contributed by atoms with Crippen molar-refractivity contribution in [1.82, 2.24) is 10.3 Å². The number of carboxylic acids is 1. The fraction of sp³-hybridized carbons (Fsp3) is 0.353. The van der Waals surface area contributed by atoms with Crippen molar-refractivity contribution in [1.29, 1.82) is 0 Å². The standard InChI is InChI=1S/C17H17FN2O4/c18-10-3-6-14-12(7-10)13(8-15(21)20-14)16(22)19-11-4-1-9(2-5-11)17(23)24/h3,6-9,11H,1-2,4-5H2,(H,19,22)(H,20,21)(H,23,24). The average molecular weight is 332 g/mol. The lowest BCUT2D eigenvalue weighted by Crippen LogP contribution is -2.39. The molecule has 1 amide bonds. The molecule has 1 saturated carbocycles. The van der Waals surface area contributed by atoms with Gasteiger partial charge in [-0.3, -0.25) is 14.4 Å². The second-order valence-electron chi connectivity index (χ2n) is 6.10. The van der Waals surface area contributed by atoms with Crippen LogP contribution in [0.5, 0.6) is 0 Å². The van der Waals surface area contributed by atoms with Crippen LogP contribution in [0.4, 0.5) is 4.39 Å². The summed E-state index contributed by atoms with van der Waals surface area (Å²) in [5, 5.41) is 12.2. The Morgan fingerprint density at radius 2 is 1.88 bits per heavy atom. The lowest BCUT2D eigenvalue weighted by atomic mass is 9.86. The number of amides is 1. The highest BCUT2D eigenvalue weighted by Crippen LogP contribution is 2.25. The summed E-state index contributed by atoms with van der Waals surface area (Å²) >= 11 is 0. The molecule has 3 N–H and O–H groups in total. The first kappa shape index (κ1) is 16.2. The van der Waals surface area contributed by atoms with Crippen molar-refractivity contribution < 1.29 is 19.1 Å². The molecule has 6 nitrogen and oxygen atoms in total. The van der Waals surface area contributed by atoms with E-state index in [1.165, 1.54) is 18.2 Å². The molecule has 7 heteroatoms. The molecule has 0 radical (unpaired) electrons. The molecule has 0 atom stereocenters. The molecule has 0 saturated heterocycles. The minimum absolute atomic E-state index is 0.119. The zero-order valence-electron chi connectivity index (χ0n) is 12.8. The van der Waals surface area contributed by atoms with Crippen LogP contribution in [0.15, 0.2) is 29.1 Å². The number of aromatic nitrogens is 1. The summed E-state index contributed by atoms with van der Waals surface area (Å²) in [5.74, 6) is -2.12. The SMILES string of the molecule is O=C(NC1CCC(C(=O)O)CC1)c1cc(=O)[nH]c2ccc(F)cc12. The molecular weight excluding hydrogens is 315 g/mol. The molecule has 2 aromatic rings. The molecule has 0 unspecified atom stereocenters. The van der Waals surface area contributed by atoms with Crippen LogP contribution >= 0.6 is 0 Å². The van der Waals surface area contributed by atoms with Gasteiger partial charge < -0.3 is 15.4 Å². The van der Waals surface area contributed by atoms with E-state index in [9.17, 15) is 18.8 Å². The largest absolute Gasteiger partial charge is 0.481 e. The third kappa shape index (κ3) is 3.29. The molecule has 1 heterocycles. The average Bonchev–Trinajstić information content (AvgIpc) is 2.55. The zero-order chi connectivity index (χ0) is 17.3. The van der Waals surface area contributed by atoms with Crippen molar-refractivity contribution in [2.75, 3.05) is 0 Å². The van der Waals surface area contributed by atoms with Crippen molar-refractivity contribution in [2.45, 2.75) is 31.7 Å². The predicted octanol–water partition coefficient (Wildman–Crippen LogP) is 2.04. The first-order chi connectivity index (χ1) is 11.4. The van der Waals surface area contributed by atoms with Gasteiger partial charge in [-0.2, -0.15) is 0 Å². The van der Waals surface area contributed by atoms with E-state index in [2.05, 4.69) is 10.3 Å². The highest BCUT2D eigenvalue weighted by atomic mass is 19.1. The minimum Gasteiger partial charge on any atom is -0.481 e. The smallest absolute Gasteiger partial charge is 0.306 e. The van der Waals surface area contributed by atoms with Gasteiger partial charge in [0.15, 0.2) is 0 Å². The number of nitrogens with one attached hydrogen (secondary N) is 2. The Morgan fingerprint density at radius 1 is 1.17 bits per heavy atom. The second-order valence-corrected chi connectivity index (χ2v) is 6.10. The molecule has 1 aromatic carbocycles. The number of pyridine rings is 1. The Balaban J connectivity index is 1.81. The Labute approximate surface area is 136 Å². The number of aromatic amines is 1. The van der Waals surface area contributed by atoms with Gasteiger partial charge in [-0.05, 0) is 43.9 Å². The van der Waals surface area contributed by atoms with Gasteiger partial charge in [-0.25, -0.2) is 4.39 Å². The molecule has 24 heavy (non-hydrogen) atoms. The van der Waals surface area contributed by atoms with Crippen LogP contribution in [0.2, 0.25) is 0 Å². The van der Waals surface area contributed by atoms with Crippen LogP contribution in [0, 0.1) is 11.7 Å². The summed E-state index contributed by atoms with van der Waals surface area (Å²) in [6.45, 7) is 0. The van der Waals surface area contributed by atoms with E-state index < -0.39 is 23.3 Å². The van der Waals surface area contributed by atoms with Gasteiger partial charge in [-0.15, -0.1) is 0 Å². The molecule has 0 spiro atoms. The van der Waals surface area contributed by atoms with E-state index in [4.69, 9.17) is 5.11 Å². The third-order valence-corrected chi connectivity index (χ3v) is 4.46. The summed E-state index contributed by atoms with van der Waals surface area (Å²) in [7, 11) is 0. The molecule has 0 bridgehead atoms. The highest BCUT2D eigenvalue weighted by molar-refractivity contribution is 6.06. The number of carboxylic acid groups (broad SMARTS) is 1. The number of halogens is 1. The maximum Gasteiger partial charge on any atom is 0.306 e. The maximum absolute atomic E-state index is 13.5. The Kier molecular flexibility index (Phi) is 4.33. The molecule has 1 fully saturated rings. The van der Waals surface area contributed by atoms with Gasteiger partial charge in [0.25, 0.3) is 5.91 Å². The summed E-state index contributed by atoms with van der Waals surface area (Å²) in [6.07, 6.45) is 2.15. The van der Waals surface area contributed by atoms with Gasteiger partial charge in [-0.1, -0.05) is 0 Å². The Hall–Kier alpha value is -2.70. The number of aliphatic carboxylic acids is 1. The van der Waals surface area contributed by atoms with Crippen LogP contribution in [-0.2, 0) is 4.79 Å². The zero-order valence-corrected chi connectivity index (χ0v) is 12.8. The highest BCUT2D eigenvalue weighted by Gasteiger charge is 2.27. The number of benzene rings is 1. The van der Waals surface area contributed by atoms with E-state index in [1.54, 1.807) is 0 Å². The fourth-order valence-corrected chi connectivity index (χ4v) is 3.16.